The van der Waals surface area contributed by atoms with Crippen LogP contribution in [-0.4, -0.2) is 11.2 Å². The summed E-state index contributed by atoms with van der Waals surface area (Å²) in [6.07, 6.45) is 7.63. The Hall–Kier alpha value is -0.0400. The minimum Gasteiger partial charge on any atom is -0.393 e. The smallest absolute Gasteiger partial charge is 0.0573 e. The second kappa shape index (κ2) is 3.27. The predicted molar refractivity (Wildman–Crippen MR) is 54.5 cm³/mol. The molecule has 3 aliphatic rings. The van der Waals surface area contributed by atoms with Crippen LogP contribution < -0.4 is 0 Å². The highest BCUT2D eigenvalue weighted by Gasteiger charge is 2.36. The molecule has 0 aromatic rings. The summed E-state index contributed by atoms with van der Waals surface area (Å²) in [4.78, 5) is 0. The molecule has 1 nitrogen and oxygen atoms in total. The molecule has 2 bridgehead atoms. The van der Waals surface area contributed by atoms with E-state index in [9.17, 15) is 5.11 Å². The molecule has 0 amide bonds. The SMILES string of the molecule is CC1(C)CC2CCC(CC2)C(O)C1. The van der Waals surface area contributed by atoms with Gasteiger partial charge < -0.3 is 5.11 Å². The van der Waals surface area contributed by atoms with Crippen LogP contribution in [0.15, 0.2) is 0 Å². The van der Waals surface area contributed by atoms with Crippen molar-refractivity contribution in [2.24, 2.45) is 17.3 Å². The van der Waals surface area contributed by atoms with Gasteiger partial charge in [-0.25, -0.2) is 0 Å². The molecule has 76 valence electrons. The molecular weight excluding hydrogens is 160 g/mol. The van der Waals surface area contributed by atoms with Gasteiger partial charge in [0.25, 0.3) is 0 Å². The van der Waals surface area contributed by atoms with Crippen molar-refractivity contribution in [1.29, 1.82) is 0 Å². The van der Waals surface area contributed by atoms with Crippen molar-refractivity contribution in [3.05, 3.63) is 0 Å². The summed E-state index contributed by atoms with van der Waals surface area (Å²) in [7, 11) is 0. The lowest BCUT2D eigenvalue weighted by Crippen LogP contribution is -2.35. The Kier molecular flexibility index (Phi) is 2.39. The van der Waals surface area contributed by atoms with Gasteiger partial charge in [0.15, 0.2) is 0 Å². The summed E-state index contributed by atoms with van der Waals surface area (Å²) in [5, 5.41) is 10.0. The Morgan fingerprint density at radius 1 is 1.00 bits per heavy atom. The zero-order valence-corrected chi connectivity index (χ0v) is 8.92. The normalized spacial score (nSPS) is 44.1. The first-order chi connectivity index (χ1) is 6.07. The van der Waals surface area contributed by atoms with Crippen LogP contribution in [0, 0.1) is 17.3 Å². The Balaban J connectivity index is 2.11. The highest BCUT2D eigenvalue weighted by molar-refractivity contribution is 4.87. The van der Waals surface area contributed by atoms with Gasteiger partial charge >= 0.3 is 0 Å². The highest BCUT2D eigenvalue weighted by Crippen LogP contribution is 2.44. The zero-order chi connectivity index (χ0) is 9.47. The van der Waals surface area contributed by atoms with Gasteiger partial charge in [-0.05, 0) is 42.9 Å². The molecule has 1 unspecified atom stereocenters. The highest BCUT2D eigenvalue weighted by atomic mass is 16.3. The fraction of sp³-hybridized carbons (Fsp3) is 1.00. The van der Waals surface area contributed by atoms with Gasteiger partial charge in [-0.3, -0.25) is 0 Å². The molecule has 3 saturated carbocycles. The third-order valence-electron chi connectivity index (χ3n) is 4.04. The van der Waals surface area contributed by atoms with Crippen LogP contribution in [0.4, 0.5) is 0 Å². The first-order valence-corrected chi connectivity index (χ1v) is 5.75. The molecule has 1 atom stereocenters. The molecule has 0 aliphatic heterocycles. The molecule has 13 heavy (non-hydrogen) atoms. The van der Waals surface area contributed by atoms with Crippen LogP contribution in [0.5, 0.6) is 0 Å². The van der Waals surface area contributed by atoms with Crippen molar-refractivity contribution in [2.45, 2.75) is 58.5 Å². The average Bonchev–Trinajstić information content (AvgIpc) is 2.01. The van der Waals surface area contributed by atoms with Crippen molar-refractivity contribution in [1.82, 2.24) is 0 Å². The lowest BCUT2D eigenvalue weighted by molar-refractivity contribution is 0.00137. The molecule has 0 aromatic heterocycles. The zero-order valence-electron chi connectivity index (χ0n) is 8.92. The number of rotatable bonds is 0. The average molecular weight is 182 g/mol. The Morgan fingerprint density at radius 3 is 2.23 bits per heavy atom. The van der Waals surface area contributed by atoms with E-state index in [1.54, 1.807) is 0 Å². The number of hydrogen-bond donors (Lipinski definition) is 1. The number of aliphatic hydroxyl groups excluding tert-OH is 1. The van der Waals surface area contributed by atoms with E-state index in [0.29, 0.717) is 11.3 Å². The number of hydrogen-bond acceptors (Lipinski definition) is 1. The Morgan fingerprint density at radius 2 is 1.62 bits per heavy atom. The monoisotopic (exact) mass is 182 g/mol. The molecular formula is C12H22O. The van der Waals surface area contributed by atoms with Gasteiger partial charge in [-0.15, -0.1) is 0 Å². The van der Waals surface area contributed by atoms with E-state index in [1.165, 1.54) is 32.1 Å². The molecule has 1 N–H and O–H groups in total. The second-order valence-electron chi connectivity index (χ2n) is 5.92. The van der Waals surface area contributed by atoms with Gasteiger partial charge in [0.05, 0.1) is 6.10 Å². The fourth-order valence-corrected chi connectivity index (χ4v) is 3.37. The maximum Gasteiger partial charge on any atom is 0.0573 e. The lowest BCUT2D eigenvalue weighted by Gasteiger charge is -2.42. The fourth-order valence-electron chi connectivity index (χ4n) is 3.37. The number of aliphatic hydroxyl groups is 1. The summed E-state index contributed by atoms with van der Waals surface area (Å²) in [5.74, 6) is 1.58. The van der Waals surface area contributed by atoms with Crippen molar-refractivity contribution in [3.63, 3.8) is 0 Å². The van der Waals surface area contributed by atoms with Crippen molar-refractivity contribution >= 4 is 0 Å². The summed E-state index contributed by atoms with van der Waals surface area (Å²) in [5.41, 5.74) is 0.378. The minimum absolute atomic E-state index is 0.0174. The maximum absolute atomic E-state index is 10.0. The largest absolute Gasteiger partial charge is 0.393 e. The molecule has 3 rings (SSSR count). The van der Waals surface area contributed by atoms with E-state index in [-0.39, 0.29) is 6.10 Å². The van der Waals surface area contributed by atoms with E-state index in [1.807, 2.05) is 0 Å². The molecule has 0 saturated heterocycles. The van der Waals surface area contributed by atoms with Crippen molar-refractivity contribution in [3.8, 4) is 0 Å². The van der Waals surface area contributed by atoms with Crippen LogP contribution in [0.3, 0.4) is 0 Å². The summed E-state index contributed by atoms with van der Waals surface area (Å²) in [6.45, 7) is 4.63. The molecule has 0 spiro atoms. The molecule has 0 aromatic carbocycles. The Bertz CT molecular complexity index is 174. The van der Waals surface area contributed by atoms with Gasteiger partial charge in [0.1, 0.15) is 0 Å². The van der Waals surface area contributed by atoms with Gasteiger partial charge in [-0.2, -0.15) is 0 Å². The minimum atomic E-state index is -0.0174. The van der Waals surface area contributed by atoms with Crippen molar-refractivity contribution < 1.29 is 5.11 Å². The lowest BCUT2D eigenvalue weighted by atomic mass is 9.65. The first-order valence-electron chi connectivity index (χ1n) is 5.75. The summed E-state index contributed by atoms with van der Waals surface area (Å²) in [6, 6.07) is 0. The number of fused-ring (bicyclic) bond motifs is 5. The third-order valence-corrected chi connectivity index (χ3v) is 4.04. The van der Waals surface area contributed by atoms with E-state index >= 15 is 0 Å². The summed E-state index contributed by atoms with van der Waals surface area (Å²) < 4.78 is 0. The topological polar surface area (TPSA) is 20.2 Å². The molecule has 0 radical (unpaired) electrons. The molecule has 0 heterocycles. The van der Waals surface area contributed by atoms with Crippen LogP contribution in [0.25, 0.3) is 0 Å². The third kappa shape index (κ3) is 2.07. The quantitative estimate of drug-likeness (QED) is 0.610. The standard InChI is InChI=1S/C12H22O/c1-12(2)7-9-3-5-10(6-4-9)11(13)8-12/h9-11,13H,3-8H2,1-2H3. The molecule has 3 fully saturated rings. The Labute approximate surface area is 81.5 Å². The molecule has 1 heteroatoms. The van der Waals surface area contributed by atoms with E-state index in [2.05, 4.69) is 13.8 Å². The maximum atomic E-state index is 10.0. The first kappa shape index (κ1) is 9.51. The second-order valence-corrected chi connectivity index (χ2v) is 5.92. The van der Waals surface area contributed by atoms with E-state index in [4.69, 9.17) is 0 Å². The van der Waals surface area contributed by atoms with Crippen LogP contribution in [0.1, 0.15) is 52.4 Å². The molecule has 3 aliphatic carbocycles. The van der Waals surface area contributed by atoms with Crippen molar-refractivity contribution in [2.75, 3.05) is 0 Å². The summed E-state index contributed by atoms with van der Waals surface area (Å²) >= 11 is 0. The van der Waals surface area contributed by atoms with E-state index < -0.39 is 0 Å². The van der Waals surface area contributed by atoms with Gasteiger partial charge in [-0.1, -0.05) is 26.7 Å². The van der Waals surface area contributed by atoms with Crippen LogP contribution in [-0.2, 0) is 0 Å². The van der Waals surface area contributed by atoms with E-state index in [0.717, 1.165) is 12.3 Å². The van der Waals surface area contributed by atoms with Crippen LogP contribution in [0.2, 0.25) is 0 Å². The van der Waals surface area contributed by atoms with Gasteiger partial charge in [0.2, 0.25) is 0 Å². The van der Waals surface area contributed by atoms with Gasteiger partial charge in [0, 0.05) is 0 Å². The van der Waals surface area contributed by atoms with Crippen LogP contribution >= 0.6 is 0 Å². The predicted octanol–water partition coefficient (Wildman–Crippen LogP) is 2.97.